The molecule has 4 fully saturated rings. The molecule has 234 valence electrons. The topological polar surface area (TPSA) is 89.7 Å². The molecule has 0 aromatic rings. The number of fused-ring (bicyclic) bond motifs is 5. The van der Waals surface area contributed by atoms with Gasteiger partial charge in [0.15, 0.2) is 5.78 Å². The number of rotatable bonds is 12. The lowest BCUT2D eigenvalue weighted by Crippen LogP contribution is -2.54. The van der Waals surface area contributed by atoms with Gasteiger partial charge in [0.2, 0.25) is 0 Å². The number of nitrogens with zero attached hydrogens (tertiary/aromatic N) is 1. The third kappa shape index (κ3) is 6.64. The SMILES string of the molecule is CCC(C)[C@H](N)C(=O)C[C@@H](CCCN(C)C)C(=O)O[C@@H]1CC[C@@]2(C)[C@@H](CC[C@@H]3[C@@H]2CC[C@]2(C)[C@@H](C(C)=O)CC[C@@H]32)C1. The molecule has 6 heteroatoms. The van der Waals surface area contributed by atoms with Crippen molar-refractivity contribution in [1.29, 1.82) is 0 Å². The highest BCUT2D eigenvalue weighted by atomic mass is 16.5. The third-order valence-electron chi connectivity index (χ3n) is 13.0. The predicted molar refractivity (Wildman–Crippen MR) is 164 cm³/mol. The summed E-state index contributed by atoms with van der Waals surface area (Å²) in [5.41, 5.74) is 6.75. The molecule has 0 aliphatic heterocycles. The van der Waals surface area contributed by atoms with Gasteiger partial charge in [0, 0.05) is 12.3 Å². The Morgan fingerprint density at radius 2 is 1.66 bits per heavy atom. The number of Topliss-reactive ketones (excluding diaryl/α,β-unsaturated/α-hetero) is 2. The molecule has 11 atom stereocenters. The van der Waals surface area contributed by atoms with Crippen LogP contribution in [0.5, 0.6) is 0 Å². The molecular formula is C35H60N2O4. The van der Waals surface area contributed by atoms with E-state index in [2.05, 4.69) is 18.7 Å². The van der Waals surface area contributed by atoms with Gasteiger partial charge in [-0.3, -0.25) is 14.4 Å². The first-order valence-corrected chi connectivity index (χ1v) is 17.0. The molecule has 4 aliphatic carbocycles. The van der Waals surface area contributed by atoms with E-state index >= 15 is 0 Å². The molecule has 4 saturated carbocycles. The predicted octanol–water partition coefficient (Wildman–Crippen LogP) is 6.44. The lowest BCUT2D eigenvalue weighted by atomic mass is 9.44. The van der Waals surface area contributed by atoms with E-state index in [0.29, 0.717) is 29.5 Å². The van der Waals surface area contributed by atoms with Crippen LogP contribution in [-0.4, -0.2) is 55.2 Å². The van der Waals surface area contributed by atoms with Crippen LogP contribution in [-0.2, 0) is 19.1 Å². The first kappa shape index (κ1) is 32.6. The molecule has 0 amide bonds. The zero-order valence-corrected chi connectivity index (χ0v) is 27.3. The number of hydrogen-bond donors (Lipinski definition) is 1. The number of esters is 1. The fourth-order valence-corrected chi connectivity index (χ4v) is 10.2. The Balaban J connectivity index is 1.39. The number of carbonyl (C=O) groups is 3. The summed E-state index contributed by atoms with van der Waals surface area (Å²) in [5, 5.41) is 0. The highest BCUT2D eigenvalue weighted by Crippen LogP contribution is 2.67. The zero-order valence-electron chi connectivity index (χ0n) is 27.3. The van der Waals surface area contributed by atoms with Crippen molar-refractivity contribution in [3.63, 3.8) is 0 Å². The minimum absolute atomic E-state index is 0.0103. The molecule has 0 heterocycles. The maximum Gasteiger partial charge on any atom is 0.309 e. The molecule has 0 radical (unpaired) electrons. The summed E-state index contributed by atoms with van der Waals surface area (Å²) in [5.74, 6) is 2.89. The van der Waals surface area contributed by atoms with Gasteiger partial charge in [-0.2, -0.15) is 0 Å². The number of ketones is 2. The van der Waals surface area contributed by atoms with Crippen LogP contribution in [0.4, 0.5) is 0 Å². The molecule has 6 nitrogen and oxygen atoms in total. The van der Waals surface area contributed by atoms with Crippen molar-refractivity contribution < 1.29 is 19.1 Å². The smallest absolute Gasteiger partial charge is 0.309 e. The first-order chi connectivity index (χ1) is 19.3. The highest BCUT2D eigenvalue weighted by Gasteiger charge is 2.61. The van der Waals surface area contributed by atoms with Gasteiger partial charge < -0.3 is 15.4 Å². The second-order valence-corrected chi connectivity index (χ2v) is 15.5. The van der Waals surface area contributed by atoms with Crippen LogP contribution in [0.25, 0.3) is 0 Å². The van der Waals surface area contributed by atoms with Gasteiger partial charge in [-0.25, -0.2) is 0 Å². The second kappa shape index (κ2) is 13.2. The molecule has 0 saturated heterocycles. The molecule has 2 N–H and O–H groups in total. The van der Waals surface area contributed by atoms with Crippen molar-refractivity contribution in [3.8, 4) is 0 Å². The Bertz CT molecular complexity index is 950. The summed E-state index contributed by atoms with van der Waals surface area (Å²) in [6.45, 7) is 11.7. The van der Waals surface area contributed by atoms with E-state index < -0.39 is 12.0 Å². The minimum atomic E-state index is -0.516. The Hall–Kier alpha value is -1.27. The zero-order chi connectivity index (χ0) is 30.1. The molecule has 1 unspecified atom stereocenters. The largest absolute Gasteiger partial charge is 0.462 e. The van der Waals surface area contributed by atoms with Crippen molar-refractivity contribution in [2.75, 3.05) is 20.6 Å². The van der Waals surface area contributed by atoms with Gasteiger partial charge >= 0.3 is 5.97 Å². The van der Waals surface area contributed by atoms with Crippen LogP contribution in [0.3, 0.4) is 0 Å². The van der Waals surface area contributed by atoms with Gasteiger partial charge in [-0.1, -0.05) is 34.1 Å². The van der Waals surface area contributed by atoms with Crippen molar-refractivity contribution in [2.24, 2.45) is 58.0 Å². The number of nitrogens with two attached hydrogens (primary N) is 1. The summed E-state index contributed by atoms with van der Waals surface area (Å²) in [4.78, 5) is 41.2. The van der Waals surface area contributed by atoms with E-state index in [1.165, 1.54) is 32.1 Å². The van der Waals surface area contributed by atoms with Crippen LogP contribution >= 0.6 is 0 Å². The van der Waals surface area contributed by atoms with Gasteiger partial charge in [-0.15, -0.1) is 0 Å². The maximum absolute atomic E-state index is 13.5. The fourth-order valence-electron chi connectivity index (χ4n) is 10.2. The minimum Gasteiger partial charge on any atom is -0.462 e. The van der Waals surface area contributed by atoms with E-state index in [1.807, 2.05) is 34.9 Å². The van der Waals surface area contributed by atoms with Crippen LogP contribution in [0.2, 0.25) is 0 Å². The van der Waals surface area contributed by atoms with E-state index in [0.717, 1.165) is 56.9 Å². The van der Waals surface area contributed by atoms with Crippen molar-refractivity contribution in [3.05, 3.63) is 0 Å². The Labute approximate surface area is 250 Å². The summed E-state index contributed by atoms with van der Waals surface area (Å²) in [7, 11) is 4.07. The third-order valence-corrected chi connectivity index (χ3v) is 13.0. The van der Waals surface area contributed by atoms with Gasteiger partial charge in [0.1, 0.15) is 11.9 Å². The molecule has 0 spiro atoms. The fraction of sp³-hybridized carbons (Fsp3) is 0.914. The number of ether oxygens (including phenoxy) is 1. The van der Waals surface area contributed by atoms with E-state index in [1.54, 1.807) is 0 Å². The van der Waals surface area contributed by atoms with Gasteiger partial charge in [0.05, 0.1) is 12.0 Å². The first-order valence-electron chi connectivity index (χ1n) is 17.0. The van der Waals surface area contributed by atoms with Crippen LogP contribution in [0.1, 0.15) is 118 Å². The second-order valence-electron chi connectivity index (χ2n) is 15.5. The normalized spacial score (nSPS) is 38.8. The summed E-state index contributed by atoms with van der Waals surface area (Å²) in [6.07, 6.45) is 12.7. The van der Waals surface area contributed by atoms with Crippen LogP contribution < -0.4 is 5.73 Å². The van der Waals surface area contributed by atoms with Gasteiger partial charge in [0.25, 0.3) is 0 Å². The van der Waals surface area contributed by atoms with E-state index in [9.17, 15) is 14.4 Å². The Morgan fingerprint density at radius 1 is 0.976 bits per heavy atom. The number of carbonyl (C=O) groups excluding carboxylic acids is 3. The standard InChI is InChI=1S/C35H60N2O4/c1-8-22(2)32(36)31(39)20-24(10-9-19-37(6)7)33(40)41-26-15-17-34(4)25(21-26)11-12-27-29-14-13-28(23(3)38)35(29,5)18-16-30(27)34/h22,24-30,32H,8-21,36H2,1-7H3/t22?,24-,25+,26-,27+,28-,29+,30+,32+,34+,35-/m1/s1. The Kier molecular flexibility index (Phi) is 10.5. The van der Waals surface area contributed by atoms with Crippen molar-refractivity contribution in [1.82, 2.24) is 4.90 Å². The van der Waals surface area contributed by atoms with E-state index in [-0.39, 0.29) is 41.5 Å². The van der Waals surface area contributed by atoms with Gasteiger partial charge in [-0.05, 0) is 139 Å². The maximum atomic E-state index is 13.5. The van der Waals surface area contributed by atoms with Crippen molar-refractivity contribution >= 4 is 17.5 Å². The molecule has 0 aromatic carbocycles. The Morgan fingerprint density at radius 3 is 2.32 bits per heavy atom. The number of hydrogen-bond acceptors (Lipinski definition) is 6. The average molecular weight is 573 g/mol. The van der Waals surface area contributed by atoms with Crippen molar-refractivity contribution in [2.45, 2.75) is 130 Å². The highest BCUT2D eigenvalue weighted by molar-refractivity contribution is 5.88. The lowest BCUT2D eigenvalue weighted by molar-refractivity contribution is -0.168. The molecule has 4 aliphatic rings. The summed E-state index contributed by atoms with van der Waals surface area (Å²) < 4.78 is 6.25. The molecule has 41 heavy (non-hydrogen) atoms. The quantitative estimate of drug-likeness (QED) is 0.271. The lowest BCUT2D eigenvalue weighted by Gasteiger charge is -2.61. The summed E-state index contributed by atoms with van der Waals surface area (Å²) in [6, 6.07) is -0.516. The monoisotopic (exact) mass is 572 g/mol. The van der Waals surface area contributed by atoms with Crippen LogP contribution in [0.15, 0.2) is 0 Å². The summed E-state index contributed by atoms with van der Waals surface area (Å²) >= 11 is 0. The molecular weight excluding hydrogens is 512 g/mol. The molecule has 0 bridgehead atoms. The van der Waals surface area contributed by atoms with Crippen LogP contribution in [0, 0.1) is 52.3 Å². The molecule has 4 rings (SSSR count). The molecule has 0 aromatic heterocycles. The average Bonchev–Trinajstić information content (AvgIpc) is 3.29. The van der Waals surface area contributed by atoms with E-state index in [4.69, 9.17) is 10.5 Å².